The molecule has 88 valence electrons. The maximum Gasteiger partial charge on any atom is 0.379 e. The molecule has 1 saturated heterocycles. The normalized spacial score (nSPS) is 24.6. The number of nitrogens with one attached hydrogen (secondary N) is 1. The molecule has 1 aliphatic rings. The summed E-state index contributed by atoms with van der Waals surface area (Å²) in [6.07, 6.45) is 0.950. The molecule has 1 aromatic heterocycles. The summed E-state index contributed by atoms with van der Waals surface area (Å²) < 4.78 is 9.88. The highest BCUT2D eigenvalue weighted by atomic mass is 16.5. The van der Waals surface area contributed by atoms with E-state index in [1.165, 1.54) is 0 Å². The lowest BCUT2D eigenvalue weighted by Crippen LogP contribution is -2.21. The van der Waals surface area contributed by atoms with E-state index in [-0.39, 0.29) is 11.7 Å². The first-order valence-electron chi connectivity index (χ1n) is 5.46. The molecule has 6 heteroatoms. The van der Waals surface area contributed by atoms with Crippen molar-refractivity contribution < 1.29 is 14.1 Å². The van der Waals surface area contributed by atoms with E-state index in [2.05, 4.69) is 22.4 Å². The third-order valence-electron chi connectivity index (χ3n) is 2.74. The monoisotopic (exact) mass is 225 g/mol. The van der Waals surface area contributed by atoms with E-state index >= 15 is 0 Å². The van der Waals surface area contributed by atoms with Gasteiger partial charge in [0.25, 0.3) is 5.82 Å². The van der Waals surface area contributed by atoms with Crippen LogP contribution in [0.15, 0.2) is 4.52 Å². The molecule has 0 amide bonds. The lowest BCUT2D eigenvalue weighted by atomic mass is 10.0. The van der Waals surface area contributed by atoms with Crippen LogP contribution >= 0.6 is 0 Å². The maximum absolute atomic E-state index is 11.3. The Morgan fingerprint density at radius 1 is 1.69 bits per heavy atom. The predicted molar refractivity (Wildman–Crippen MR) is 55.1 cm³/mol. The largest absolute Gasteiger partial charge is 0.460 e. The number of aromatic nitrogens is 2. The fourth-order valence-corrected chi connectivity index (χ4v) is 1.86. The summed E-state index contributed by atoms with van der Waals surface area (Å²) in [5.41, 5.74) is 0. The molecule has 0 radical (unpaired) electrons. The van der Waals surface area contributed by atoms with Gasteiger partial charge >= 0.3 is 5.97 Å². The van der Waals surface area contributed by atoms with Crippen molar-refractivity contribution in [3.63, 3.8) is 0 Å². The molecule has 2 atom stereocenters. The minimum Gasteiger partial charge on any atom is -0.460 e. The second-order valence-electron chi connectivity index (χ2n) is 3.81. The second-order valence-corrected chi connectivity index (χ2v) is 3.81. The van der Waals surface area contributed by atoms with E-state index in [0.717, 1.165) is 13.0 Å². The minimum atomic E-state index is -0.531. The number of hydrogen-bond acceptors (Lipinski definition) is 6. The van der Waals surface area contributed by atoms with Crippen molar-refractivity contribution in [3.05, 3.63) is 11.7 Å². The van der Waals surface area contributed by atoms with Gasteiger partial charge in [-0.2, -0.15) is 4.98 Å². The number of hydrogen-bond donors (Lipinski definition) is 1. The fraction of sp³-hybridized carbons (Fsp3) is 0.700. The Labute approximate surface area is 93.4 Å². The number of ether oxygens (including phenoxy) is 1. The Bertz CT molecular complexity index is 377. The van der Waals surface area contributed by atoms with Crippen LogP contribution in [0.4, 0.5) is 0 Å². The fourth-order valence-electron chi connectivity index (χ4n) is 1.86. The van der Waals surface area contributed by atoms with Gasteiger partial charge in [-0.15, -0.1) is 0 Å². The summed E-state index contributed by atoms with van der Waals surface area (Å²) in [6, 6.07) is 0.301. The molecule has 0 spiro atoms. The molecule has 1 aliphatic heterocycles. The Morgan fingerprint density at radius 2 is 2.50 bits per heavy atom. The standard InChI is InChI=1S/C10H15N3O3/c1-3-15-10(14)8-12-9(16-13-8)7-4-5-11-6(7)2/h6-7,11H,3-5H2,1-2H3. The van der Waals surface area contributed by atoms with Crippen molar-refractivity contribution in [3.8, 4) is 0 Å². The van der Waals surface area contributed by atoms with Crippen LogP contribution in [-0.4, -0.2) is 35.3 Å². The zero-order chi connectivity index (χ0) is 11.5. The summed E-state index contributed by atoms with van der Waals surface area (Å²) in [4.78, 5) is 15.4. The zero-order valence-electron chi connectivity index (χ0n) is 9.40. The molecule has 6 nitrogen and oxygen atoms in total. The van der Waals surface area contributed by atoms with Crippen molar-refractivity contribution in [1.82, 2.24) is 15.5 Å². The lowest BCUT2D eigenvalue weighted by Gasteiger charge is -2.08. The SMILES string of the molecule is CCOC(=O)c1noc(C2CCNC2C)n1. The molecule has 0 aliphatic carbocycles. The molecule has 1 N–H and O–H groups in total. The molecule has 2 rings (SSSR count). The predicted octanol–water partition coefficient (Wildman–Crippen LogP) is 0.712. The molecule has 0 aromatic carbocycles. The number of carbonyl (C=O) groups is 1. The maximum atomic E-state index is 11.3. The number of esters is 1. The molecule has 0 bridgehead atoms. The van der Waals surface area contributed by atoms with Crippen LogP contribution in [0.25, 0.3) is 0 Å². The van der Waals surface area contributed by atoms with Crippen LogP contribution in [0.5, 0.6) is 0 Å². The van der Waals surface area contributed by atoms with Gasteiger partial charge < -0.3 is 14.6 Å². The smallest absolute Gasteiger partial charge is 0.379 e. The van der Waals surface area contributed by atoms with E-state index in [9.17, 15) is 4.79 Å². The quantitative estimate of drug-likeness (QED) is 0.763. The highest BCUT2D eigenvalue weighted by Gasteiger charge is 2.30. The first-order chi connectivity index (χ1) is 7.72. The summed E-state index contributed by atoms with van der Waals surface area (Å²) >= 11 is 0. The molecule has 1 fully saturated rings. The molecule has 0 saturated carbocycles. The highest BCUT2D eigenvalue weighted by Crippen LogP contribution is 2.25. The zero-order valence-corrected chi connectivity index (χ0v) is 9.40. The molecule has 2 unspecified atom stereocenters. The average molecular weight is 225 g/mol. The van der Waals surface area contributed by atoms with Crippen molar-refractivity contribution in [2.45, 2.75) is 32.2 Å². The summed E-state index contributed by atoms with van der Waals surface area (Å²) in [6.45, 7) is 5.04. The highest BCUT2D eigenvalue weighted by molar-refractivity contribution is 5.84. The van der Waals surface area contributed by atoms with Gasteiger partial charge in [0.05, 0.1) is 12.5 Å². The van der Waals surface area contributed by atoms with Crippen LogP contribution in [0.2, 0.25) is 0 Å². The van der Waals surface area contributed by atoms with Gasteiger partial charge in [0, 0.05) is 6.04 Å². The molecule has 1 aromatic rings. The van der Waals surface area contributed by atoms with Crippen LogP contribution in [0, 0.1) is 0 Å². The van der Waals surface area contributed by atoms with Gasteiger partial charge in [-0.25, -0.2) is 4.79 Å². The molecular formula is C10H15N3O3. The van der Waals surface area contributed by atoms with Crippen LogP contribution < -0.4 is 5.32 Å². The van der Waals surface area contributed by atoms with Gasteiger partial charge in [-0.05, 0) is 32.0 Å². The minimum absolute atomic E-state index is 0.0101. The Kier molecular flexibility index (Phi) is 3.19. The van der Waals surface area contributed by atoms with Gasteiger partial charge in [0.1, 0.15) is 0 Å². The van der Waals surface area contributed by atoms with Crippen LogP contribution in [0.1, 0.15) is 42.7 Å². The van der Waals surface area contributed by atoms with Crippen molar-refractivity contribution >= 4 is 5.97 Å². The number of nitrogens with zero attached hydrogens (tertiary/aromatic N) is 2. The summed E-state index contributed by atoms with van der Waals surface area (Å²) in [5.74, 6) is 0.184. The van der Waals surface area contributed by atoms with Gasteiger partial charge in [0.15, 0.2) is 0 Å². The molecular weight excluding hydrogens is 210 g/mol. The van der Waals surface area contributed by atoms with E-state index < -0.39 is 5.97 Å². The van der Waals surface area contributed by atoms with Crippen LogP contribution in [-0.2, 0) is 4.74 Å². The van der Waals surface area contributed by atoms with Gasteiger partial charge in [0.2, 0.25) is 5.89 Å². The van der Waals surface area contributed by atoms with Crippen LogP contribution in [0.3, 0.4) is 0 Å². The second kappa shape index (κ2) is 4.61. The topological polar surface area (TPSA) is 77.2 Å². The van der Waals surface area contributed by atoms with Gasteiger partial charge in [-0.1, -0.05) is 0 Å². The summed E-state index contributed by atoms with van der Waals surface area (Å²) in [7, 11) is 0. The Balaban J connectivity index is 2.10. The number of carbonyl (C=O) groups excluding carboxylic acids is 1. The van der Waals surface area contributed by atoms with E-state index in [4.69, 9.17) is 9.26 Å². The Morgan fingerprint density at radius 3 is 3.12 bits per heavy atom. The van der Waals surface area contributed by atoms with E-state index in [0.29, 0.717) is 18.5 Å². The Hall–Kier alpha value is -1.43. The third-order valence-corrected chi connectivity index (χ3v) is 2.74. The first-order valence-corrected chi connectivity index (χ1v) is 5.46. The summed E-state index contributed by atoms with van der Waals surface area (Å²) in [5, 5.41) is 6.91. The van der Waals surface area contributed by atoms with Crippen molar-refractivity contribution in [2.24, 2.45) is 0 Å². The molecule has 2 heterocycles. The average Bonchev–Trinajstić information content (AvgIpc) is 2.86. The van der Waals surface area contributed by atoms with Crippen molar-refractivity contribution in [1.29, 1.82) is 0 Å². The molecule has 16 heavy (non-hydrogen) atoms. The third kappa shape index (κ3) is 2.06. The van der Waals surface area contributed by atoms with Gasteiger partial charge in [-0.3, -0.25) is 0 Å². The lowest BCUT2D eigenvalue weighted by molar-refractivity contribution is 0.0508. The van der Waals surface area contributed by atoms with E-state index in [1.807, 2.05) is 0 Å². The first kappa shape index (κ1) is 11.1. The number of rotatable bonds is 3. The van der Waals surface area contributed by atoms with E-state index in [1.54, 1.807) is 6.92 Å². The van der Waals surface area contributed by atoms with Crippen molar-refractivity contribution in [2.75, 3.05) is 13.2 Å².